The fourth-order valence-corrected chi connectivity index (χ4v) is 2.74. The van der Waals surface area contributed by atoms with Gasteiger partial charge in [0.25, 0.3) is 0 Å². The van der Waals surface area contributed by atoms with E-state index < -0.39 is 11.0 Å². The van der Waals surface area contributed by atoms with Gasteiger partial charge in [-0.1, -0.05) is 26.8 Å². The minimum Gasteiger partial charge on any atom is -0.497 e. The number of hydrogen-bond acceptors (Lipinski definition) is 3. The molecular weight excluding hydrogens is 266 g/mol. The molecule has 21 heavy (non-hydrogen) atoms. The Labute approximate surface area is 126 Å². The number of methoxy groups -OCH3 is 1. The van der Waals surface area contributed by atoms with Crippen molar-refractivity contribution in [2.45, 2.75) is 45.6 Å². The van der Waals surface area contributed by atoms with E-state index in [1.807, 2.05) is 39.0 Å². The van der Waals surface area contributed by atoms with Gasteiger partial charge in [-0.25, -0.2) is 0 Å². The Morgan fingerprint density at radius 1 is 1.43 bits per heavy atom. The molecule has 4 heteroatoms. The van der Waals surface area contributed by atoms with Crippen LogP contribution in [0, 0.1) is 5.41 Å². The number of rotatable bonds is 3. The van der Waals surface area contributed by atoms with E-state index in [0.717, 1.165) is 29.7 Å². The molecule has 1 aliphatic carbocycles. The zero-order valence-corrected chi connectivity index (χ0v) is 13.3. The van der Waals surface area contributed by atoms with E-state index >= 15 is 0 Å². The first kappa shape index (κ1) is 15.8. The van der Waals surface area contributed by atoms with Gasteiger partial charge in [-0.15, -0.1) is 0 Å². The minimum atomic E-state index is -0.985. The predicted molar refractivity (Wildman–Crippen MR) is 82.3 cm³/mol. The fraction of sp³-hybridized carbons (Fsp3) is 0.588. The Morgan fingerprint density at radius 2 is 2.14 bits per heavy atom. The summed E-state index contributed by atoms with van der Waals surface area (Å²) in [4.78, 5) is 12.0. The molecule has 1 aliphatic rings. The summed E-state index contributed by atoms with van der Waals surface area (Å²) < 4.78 is 5.24. The van der Waals surface area contributed by atoms with Crippen LogP contribution in [0.4, 0.5) is 0 Å². The van der Waals surface area contributed by atoms with Crippen molar-refractivity contribution in [3.05, 3.63) is 29.3 Å². The highest BCUT2D eigenvalue weighted by atomic mass is 16.5. The van der Waals surface area contributed by atoms with Crippen LogP contribution < -0.4 is 10.1 Å². The first-order valence-corrected chi connectivity index (χ1v) is 7.44. The smallest absolute Gasteiger partial charge is 0.225 e. The Kier molecular flexibility index (Phi) is 4.28. The topological polar surface area (TPSA) is 58.6 Å². The van der Waals surface area contributed by atoms with Crippen molar-refractivity contribution in [1.82, 2.24) is 5.32 Å². The number of aliphatic hydroxyl groups is 1. The second kappa shape index (κ2) is 5.68. The van der Waals surface area contributed by atoms with Crippen molar-refractivity contribution in [2.75, 3.05) is 13.7 Å². The lowest BCUT2D eigenvalue weighted by Gasteiger charge is -2.35. The third-order valence-corrected chi connectivity index (χ3v) is 4.07. The van der Waals surface area contributed by atoms with E-state index in [9.17, 15) is 9.90 Å². The number of aryl methyl sites for hydroxylation is 1. The summed E-state index contributed by atoms with van der Waals surface area (Å²) in [6.45, 7) is 5.85. The van der Waals surface area contributed by atoms with Crippen LogP contribution in [0.25, 0.3) is 0 Å². The number of amides is 1. The summed E-state index contributed by atoms with van der Waals surface area (Å²) in [5.41, 5.74) is 0.575. The van der Waals surface area contributed by atoms with Crippen LogP contribution >= 0.6 is 0 Å². The predicted octanol–water partition coefficient (Wildman–Crippen LogP) is 2.38. The lowest BCUT2D eigenvalue weighted by Crippen LogP contribution is -2.46. The molecule has 1 aromatic carbocycles. The van der Waals surface area contributed by atoms with Crippen molar-refractivity contribution in [3.63, 3.8) is 0 Å². The van der Waals surface area contributed by atoms with Crippen LogP contribution in [0.1, 0.15) is 44.7 Å². The number of hydrogen-bond donors (Lipinski definition) is 2. The van der Waals surface area contributed by atoms with Gasteiger partial charge in [-0.3, -0.25) is 4.79 Å². The summed E-state index contributed by atoms with van der Waals surface area (Å²) in [6, 6.07) is 5.75. The van der Waals surface area contributed by atoms with Gasteiger partial charge in [-0.2, -0.15) is 0 Å². The molecule has 0 fully saturated rings. The number of ether oxygens (including phenoxy) is 1. The lowest BCUT2D eigenvalue weighted by atomic mass is 9.78. The van der Waals surface area contributed by atoms with Crippen molar-refractivity contribution < 1.29 is 14.6 Å². The van der Waals surface area contributed by atoms with Crippen molar-refractivity contribution >= 4 is 5.91 Å². The van der Waals surface area contributed by atoms with Gasteiger partial charge in [0, 0.05) is 5.41 Å². The Balaban J connectivity index is 2.19. The lowest BCUT2D eigenvalue weighted by molar-refractivity contribution is -0.130. The molecule has 0 aromatic heterocycles. The Bertz CT molecular complexity index is 533. The third kappa shape index (κ3) is 3.38. The Hall–Kier alpha value is -1.55. The van der Waals surface area contributed by atoms with Crippen LogP contribution in [-0.4, -0.2) is 24.7 Å². The molecule has 0 spiro atoms. The summed E-state index contributed by atoms with van der Waals surface area (Å²) in [7, 11) is 1.64. The van der Waals surface area contributed by atoms with Gasteiger partial charge in [-0.05, 0) is 42.5 Å². The molecule has 2 N–H and O–H groups in total. The normalized spacial score (nSPS) is 21.6. The van der Waals surface area contributed by atoms with Crippen molar-refractivity contribution in [2.24, 2.45) is 5.41 Å². The van der Waals surface area contributed by atoms with E-state index in [4.69, 9.17) is 4.74 Å². The number of carbonyl (C=O) groups excluding carboxylic acids is 1. The van der Waals surface area contributed by atoms with Crippen LogP contribution in [-0.2, 0) is 16.8 Å². The number of nitrogens with one attached hydrogen (secondary N) is 1. The van der Waals surface area contributed by atoms with Crippen LogP contribution in [0.3, 0.4) is 0 Å². The number of benzene rings is 1. The largest absolute Gasteiger partial charge is 0.497 e. The van der Waals surface area contributed by atoms with Gasteiger partial charge < -0.3 is 15.2 Å². The molecule has 2 rings (SSSR count). The summed E-state index contributed by atoms with van der Waals surface area (Å²) in [5.74, 6) is 0.758. The van der Waals surface area contributed by atoms with Crippen LogP contribution in [0.2, 0.25) is 0 Å². The van der Waals surface area contributed by atoms with Crippen molar-refractivity contribution in [3.8, 4) is 5.75 Å². The summed E-state index contributed by atoms with van der Waals surface area (Å²) >= 11 is 0. The monoisotopic (exact) mass is 291 g/mol. The Morgan fingerprint density at radius 3 is 2.76 bits per heavy atom. The van der Waals surface area contributed by atoms with Gasteiger partial charge in [0.1, 0.15) is 11.4 Å². The highest BCUT2D eigenvalue weighted by molar-refractivity contribution is 5.81. The number of carbonyl (C=O) groups is 1. The second-order valence-corrected chi connectivity index (χ2v) is 6.84. The molecular formula is C17H25NO3. The standard InChI is InChI=1S/C17H25NO3/c1-16(2,3)15(19)18-11-17(20)9-5-6-12-10-13(21-4)7-8-14(12)17/h7-8,10,20H,5-6,9,11H2,1-4H3,(H,18,19). The molecule has 1 amide bonds. The highest BCUT2D eigenvalue weighted by Gasteiger charge is 2.35. The molecule has 1 unspecified atom stereocenters. The summed E-state index contributed by atoms with van der Waals surface area (Å²) in [6.07, 6.45) is 2.50. The molecule has 0 aliphatic heterocycles. The third-order valence-electron chi connectivity index (χ3n) is 4.07. The SMILES string of the molecule is COc1ccc2c(c1)CCCC2(O)CNC(=O)C(C)(C)C. The van der Waals surface area contributed by atoms with Gasteiger partial charge in [0.05, 0.1) is 13.7 Å². The molecule has 0 radical (unpaired) electrons. The van der Waals surface area contributed by atoms with Crippen LogP contribution in [0.5, 0.6) is 5.75 Å². The first-order valence-electron chi connectivity index (χ1n) is 7.44. The molecule has 4 nitrogen and oxygen atoms in total. The highest BCUT2D eigenvalue weighted by Crippen LogP contribution is 2.36. The minimum absolute atomic E-state index is 0.0449. The molecule has 0 saturated carbocycles. The van der Waals surface area contributed by atoms with E-state index in [1.165, 1.54) is 0 Å². The first-order chi connectivity index (χ1) is 9.76. The molecule has 1 atom stereocenters. The molecule has 0 bridgehead atoms. The molecule has 0 saturated heterocycles. The van der Waals surface area contributed by atoms with E-state index in [1.54, 1.807) is 7.11 Å². The molecule has 116 valence electrons. The maximum atomic E-state index is 12.0. The maximum absolute atomic E-state index is 12.0. The molecule has 0 heterocycles. The van der Waals surface area contributed by atoms with Crippen molar-refractivity contribution in [1.29, 1.82) is 0 Å². The van der Waals surface area contributed by atoms with E-state index in [0.29, 0.717) is 6.42 Å². The van der Waals surface area contributed by atoms with E-state index in [-0.39, 0.29) is 12.5 Å². The second-order valence-electron chi connectivity index (χ2n) is 6.84. The zero-order valence-electron chi connectivity index (χ0n) is 13.3. The zero-order chi connectivity index (χ0) is 15.7. The van der Waals surface area contributed by atoms with Gasteiger partial charge in [0.15, 0.2) is 0 Å². The van der Waals surface area contributed by atoms with Gasteiger partial charge in [0.2, 0.25) is 5.91 Å². The van der Waals surface area contributed by atoms with Crippen LogP contribution in [0.15, 0.2) is 18.2 Å². The average molecular weight is 291 g/mol. The maximum Gasteiger partial charge on any atom is 0.225 e. The summed E-state index contributed by atoms with van der Waals surface area (Å²) in [5, 5.41) is 13.8. The van der Waals surface area contributed by atoms with Gasteiger partial charge >= 0.3 is 0 Å². The fourth-order valence-electron chi connectivity index (χ4n) is 2.74. The molecule has 1 aromatic rings. The van der Waals surface area contributed by atoms with E-state index in [2.05, 4.69) is 5.32 Å². The number of fused-ring (bicyclic) bond motifs is 1. The average Bonchev–Trinajstić information content (AvgIpc) is 2.43. The quantitative estimate of drug-likeness (QED) is 0.899.